The molecule has 0 unspecified atom stereocenters. The molecule has 20 heteroatoms. The standard InChI is InChI=1S/C35H44O10.C28H32O10/c1-35(2,27-11-15-29(16-12-27)44-33(40)25-7-3-23(4-8-25)31(38)42-21-19-36)28-13-17-30(18-14-28)45-34(41)26-9-5-24(6-10-26)32(39)43-22-20-37;29-13-15-35-25(31)21-5-9-23(10-6-21)27(33)37-17-19-1-2-20(4-3-19)18-38-28(34)24-11-7-22(8-12-24)26(32)36-16-14-30/h3-10,27-30,36-37H,11-22H2,1-2H3;5-12,19-20,29-30H,1-4,13-18H2. The zero-order chi connectivity index (χ0) is 59.7. The Morgan fingerprint density at radius 1 is 0.325 bits per heavy atom. The van der Waals surface area contributed by atoms with Crippen molar-refractivity contribution in [2.24, 2.45) is 29.1 Å². The van der Waals surface area contributed by atoms with E-state index >= 15 is 0 Å². The number of carbonyl (C=O) groups excluding carboxylic acids is 8. The maximum atomic E-state index is 12.7. The molecule has 0 aliphatic heterocycles. The van der Waals surface area contributed by atoms with E-state index in [-0.39, 0.29) is 93.4 Å². The molecular formula is C63H76O20. The molecule has 3 fully saturated rings. The van der Waals surface area contributed by atoms with Crippen LogP contribution in [0.4, 0.5) is 0 Å². The summed E-state index contributed by atoms with van der Waals surface area (Å²) in [4.78, 5) is 97.5. The van der Waals surface area contributed by atoms with Crippen LogP contribution in [-0.4, -0.2) is 146 Å². The van der Waals surface area contributed by atoms with Crippen LogP contribution in [0.2, 0.25) is 0 Å². The van der Waals surface area contributed by atoms with E-state index in [1.54, 1.807) is 24.3 Å². The number of carbonyl (C=O) groups is 8. The maximum absolute atomic E-state index is 12.7. The number of rotatable bonds is 24. The van der Waals surface area contributed by atoms with E-state index in [0.717, 1.165) is 77.0 Å². The highest BCUT2D eigenvalue weighted by Gasteiger charge is 2.41. The summed E-state index contributed by atoms with van der Waals surface area (Å²) in [7, 11) is 0. The van der Waals surface area contributed by atoms with Gasteiger partial charge < -0.3 is 58.3 Å². The summed E-state index contributed by atoms with van der Waals surface area (Å²) in [5.41, 5.74) is 2.70. The van der Waals surface area contributed by atoms with Gasteiger partial charge in [-0.3, -0.25) is 0 Å². The Kier molecular flexibility index (Phi) is 25.7. The SMILES string of the molecule is CC(C)(C1CCC(OC(=O)c2ccc(C(=O)OCCO)cc2)CC1)C1CCC(OC(=O)c2ccc(C(=O)OCCO)cc2)CC1.O=C(OCCO)c1ccc(C(=O)OCC2CCC(COC(=O)c3ccc(C(=O)OCCO)cc3)CC2)cc1. The highest BCUT2D eigenvalue weighted by Crippen LogP contribution is 2.49. The van der Waals surface area contributed by atoms with Gasteiger partial charge in [0.2, 0.25) is 0 Å². The minimum atomic E-state index is -0.573. The van der Waals surface area contributed by atoms with Crippen molar-refractivity contribution in [3.05, 3.63) is 142 Å². The lowest BCUT2D eigenvalue weighted by atomic mass is 9.60. The average Bonchev–Trinajstić information content (AvgIpc) is 3.72. The summed E-state index contributed by atoms with van der Waals surface area (Å²) < 4.78 is 42.0. The second kappa shape index (κ2) is 32.9. The Labute approximate surface area is 482 Å². The molecule has 4 N–H and O–H groups in total. The first-order valence-electron chi connectivity index (χ1n) is 28.3. The molecule has 4 aromatic rings. The van der Waals surface area contributed by atoms with Gasteiger partial charge in [0.25, 0.3) is 0 Å². The number of ether oxygens (including phenoxy) is 8. The molecule has 0 amide bonds. The van der Waals surface area contributed by atoms with Crippen molar-refractivity contribution in [2.45, 2.75) is 103 Å². The first kappa shape index (κ1) is 64.6. The smallest absolute Gasteiger partial charge is 0.338 e. The first-order chi connectivity index (χ1) is 40.0. The summed E-state index contributed by atoms with van der Waals surface area (Å²) >= 11 is 0. The summed E-state index contributed by atoms with van der Waals surface area (Å²) in [6.45, 7) is 3.90. The molecule has 0 spiro atoms. The third kappa shape index (κ3) is 19.8. The Morgan fingerprint density at radius 2 is 0.530 bits per heavy atom. The van der Waals surface area contributed by atoms with Gasteiger partial charge >= 0.3 is 47.8 Å². The quantitative estimate of drug-likeness (QED) is 0.0382. The van der Waals surface area contributed by atoms with Crippen LogP contribution in [0.25, 0.3) is 0 Å². The third-order valence-corrected chi connectivity index (χ3v) is 15.6. The van der Waals surface area contributed by atoms with E-state index in [4.69, 9.17) is 58.3 Å². The first-order valence-corrected chi connectivity index (χ1v) is 28.3. The molecule has 3 aliphatic rings. The molecule has 0 saturated heterocycles. The second-order valence-corrected chi connectivity index (χ2v) is 21.4. The molecule has 3 aliphatic carbocycles. The van der Waals surface area contributed by atoms with Gasteiger partial charge in [-0.15, -0.1) is 0 Å². The topological polar surface area (TPSA) is 291 Å². The number of hydrogen-bond donors (Lipinski definition) is 4. The molecule has 20 nitrogen and oxygen atoms in total. The van der Waals surface area contributed by atoms with Crippen molar-refractivity contribution >= 4 is 47.8 Å². The Balaban J connectivity index is 0.000000271. The van der Waals surface area contributed by atoms with Crippen molar-refractivity contribution < 1.29 is 96.7 Å². The van der Waals surface area contributed by atoms with Crippen LogP contribution in [0.15, 0.2) is 97.1 Å². The van der Waals surface area contributed by atoms with Gasteiger partial charge in [0.15, 0.2) is 0 Å². The lowest BCUT2D eigenvalue weighted by Gasteiger charge is -2.46. The molecule has 448 valence electrons. The summed E-state index contributed by atoms with van der Waals surface area (Å²) in [5.74, 6) is -2.55. The number of hydrogen-bond acceptors (Lipinski definition) is 20. The van der Waals surface area contributed by atoms with E-state index < -0.39 is 47.8 Å². The fourth-order valence-electron chi connectivity index (χ4n) is 10.6. The average molecular weight is 1150 g/mol. The number of aliphatic hydroxyl groups is 4. The summed E-state index contributed by atoms with van der Waals surface area (Å²) in [5, 5.41) is 35.0. The van der Waals surface area contributed by atoms with Crippen molar-refractivity contribution in [2.75, 3.05) is 66.1 Å². The lowest BCUT2D eigenvalue weighted by molar-refractivity contribution is -0.0200. The largest absolute Gasteiger partial charge is 0.462 e. The molecule has 3 saturated carbocycles. The zero-order valence-electron chi connectivity index (χ0n) is 47.1. The number of aliphatic hydroxyl groups excluding tert-OH is 4. The zero-order valence-corrected chi connectivity index (χ0v) is 47.1. The Hall–Kier alpha value is -7.52. The summed E-state index contributed by atoms with van der Waals surface area (Å²) in [6, 6.07) is 24.2. The van der Waals surface area contributed by atoms with Gasteiger partial charge in [-0.1, -0.05) is 13.8 Å². The molecule has 0 bridgehead atoms. The predicted octanol–water partition coefficient (Wildman–Crippen LogP) is 7.95. The number of esters is 8. The van der Waals surface area contributed by atoms with Crippen molar-refractivity contribution in [1.29, 1.82) is 0 Å². The van der Waals surface area contributed by atoms with Crippen LogP contribution in [0.5, 0.6) is 0 Å². The van der Waals surface area contributed by atoms with E-state index in [1.165, 1.54) is 72.8 Å². The number of benzene rings is 4. The Morgan fingerprint density at radius 3 is 0.747 bits per heavy atom. The van der Waals surface area contributed by atoms with Gasteiger partial charge in [-0.2, -0.15) is 0 Å². The Bertz CT molecular complexity index is 2540. The fraction of sp³-hybridized carbons (Fsp3) is 0.492. The fourth-order valence-corrected chi connectivity index (χ4v) is 10.6. The van der Waals surface area contributed by atoms with Gasteiger partial charge in [0.05, 0.1) is 84.1 Å². The van der Waals surface area contributed by atoms with Crippen LogP contribution < -0.4 is 0 Å². The molecule has 0 radical (unpaired) electrons. The van der Waals surface area contributed by atoms with Crippen LogP contribution >= 0.6 is 0 Å². The summed E-state index contributed by atoms with van der Waals surface area (Å²) in [6.07, 6.45) is 10.2. The normalized spacial score (nSPS) is 19.5. The van der Waals surface area contributed by atoms with Gasteiger partial charge in [-0.25, -0.2) is 38.4 Å². The minimum absolute atomic E-state index is 0.0781. The van der Waals surface area contributed by atoms with Gasteiger partial charge in [0.1, 0.15) is 38.6 Å². The molecular weight excluding hydrogens is 1080 g/mol. The van der Waals surface area contributed by atoms with Crippen LogP contribution in [0.3, 0.4) is 0 Å². The molecule has 7 rings (SSSR count). The molecule has 4 aromatic carbocycles. The van der Waals surface area contributed by atoms with Crippen molar-refractivity contribution in [1.82, 2.24) is 0 Å². The van der Waals surface area contributed by atoms with Gasteiger partial charge in [-0.05, 0) is 203 Å². The molecule has 0 aromatic heterocycles. The van der Waals surface area contributed by atoms with Crippen molar-refractivity contribution in [3.63, 3.8) is 0 Å². The monoisotopic (exact) mass is 1150 g/mol. The highest BCUT2D eigenvalue weighted by atomic mass is 16.6. The second-order valence-electron chi connectivity index (χ2n) is 21.4. The maximum Gasteiger partial charge on any atom is 0.338 e. The van der Waals surface area contributed by atoms with E-state index in [1.807, 2.05) is 0 Å². The van der Waals surface area contributed by atoms with Gasteiger partial charge in [0, 0.05) is 0 Å². The van der Waals surface area contributed by atoms with Crippen LogP contribution in [-0.2, 0) is 37.9 Å². The highest BCUT2D eigenvalue weighted by molar-refractivity contribution is 5.96. The lowest BCUT2D eigenvalue weighted by Crippen LogP contribution is -2.39. The third-order valence-electron chi connectivity index (χ3n) is 15.6. The molecule has 0 atom stereocenters. The predicted molar refractivity (Wildman–Crippen MR) is 297 cm³/mol. The molecule has 83 heavy (non-hydrogen) atoms. The van der Waals surface area contributed by atoms with E-state index in [0.29, 0.717) is 58.4 Å². The van der Waals surface area contributed by atoms with Crippen LogP contribution in [0.1, 0.15) is 174 Å². The van der Waals surface area contributed by atoms with E-state index in [9.17, 15) is 38.4 Å². The minimum Gasteiger partial charge on any atom is -0.462 e. The van der Waals surface area contributed by atoms with Crippen molar-refractivity contribution in [3.8, 4) is 0 Å². The molecule has 0 heterocycles. The van der Waals surface area contributed by atoms with Crippen LogP contribution in [0, 0.1) is 29.1 Å². The van der Waals surface area contributed by atoms with E-state index in [2.05, 4.69) is 13.8 Å².